The second-order valence-electron chi connectivity index (χ2n) is 7.49. The van der Waals surface area contributed by atoms with Crippen LogP contribution in [-0.2, 0) is 0 Å². The fourth-order valence-electron chi connectivity index (χ4n) is 3.52. The number of hydrogen-bond acceptors (Lipinski definition) is 8. The molecule has 0 aliphatic rings. The highest BCUT2D eigenvalue weighted by molar-refractivity contribution is 6.04. The lowest BCUT2D eigenvalue weighted by atomic mass is 10.1. The van der Waals surface area contributed by atoms with Crippen LogP contribution >= 0.6 is 0 Å². The molecule has 0 spiro atoms. The number of nitrogens with one attached hydrogen (secondary N) is 1. The number of methoxy groups -OCH3 is 5. The molecule has 36 heavy (non-hydrogen) atoms. The molecule has 0 radical (unpaired) electrons. The minimum absolute atomic E-state index is 0.0560. The molecule has 0 atom stereocenters. The van der Waals surface area contributed by atoms with Crippen LogP contribution in [0.15, 0.2) is 60.8 Å². The maximum absolute atomic E-state index is 12.5. The van der Waals surface area contributed by atoms with E-state index in [2.05, 4.69) is 5.32 Å². The Balaban J connectivity index is 1.85. The summed E-state index contributed by atoms with van der Waals surface area (Å²) in [5, 5.41) is 13.5. The van der Waals surface area contributed by atoms with Crippen molar-refractivity contribution in [1.82, 2.24) is 0 Å². The number of benzene rings is 3. The van der Waals surface area contributed by atoms with Gasteiger partial charge in [-0.25, -0.2) is 0 Å². The molecular formula is C28H29NO7. The van der Waals surface area contributed by atoms with Crippen molar-refractivity contribution in [3.8, 4) is 34.5 Å². The summed E-state index contributed by atoms with van der Waals surface area (Å²) in [6.45, 7) is 0. The molecule has 0 saturated heterocycles. The molecule has 188 valence electrons. The van der Waals surface area contributed by atoms with Gasteiger partial charge in [0.2, 0.25) is 5.75 Å². The molecule has 0 aromatic heterocycles. The van der Waals surface area contributed by atoms with E-state index in [0.717, 1.165) is 5.56 Å². The Morgan fingerprint density at radius 2 is 1.42 bits per heavy atom. The van der Waals surface area contributed by atoms with Crippen LogP contribution in [0.5, 0.6) is 34.5 Å². The third-order valence-electron chi connectivity index (χ3n) is 5.28. The monoisotopic (exact) mass is 491 g/mol. The highest BCUT2D eigenvalue weighted by Crippen LogP contribution is 2.39. The SMILES string of the molecule is COc1cccc(C(=O)C=CNc2cc(C=Cc3cc(OC)c(OC)c(OC)c3)cc(O)c2OC)c1. The molecule has 0 amide bonds. The van der Waals surface area contributed by atoms with Gasteiger partial charge in [0.05, 0.1) is 41.2 Å². The predicted octanol–water partition coefficient (Wildman–Crippen LogP) is 5.41. The van der Waals surface area contributed by atoms with Gasteiger partial charge in [-0.3, -0.25) is 4.79 Å². The van der Waals surface area contributed by atoms with E-state index in [9.17, 15) is 9.90 Å². The first-order valence-corrected chi connectivity index (χ1v) is 10.9. The minimum Gasteiger partial charge on any atom is -0.504 e. The molecule has 0 aliphatic heterocycles. The quantitative estimate of drug-likeness (QED) is 0.209. The fourth-order valence-corrected chi connectivity index (χ4v) is 3.52. The lowest BCUT2D eigenvalue weighted by molar-refractivity contribution is 0.104. The summed E-state index contributed by atoms with van der Waals surface area (Å²) >= 11 is 0. The van der Waals surface area contributed by atoms with E-state index in [1.807, 2.05) is 24.3 Å². The number of phenolic OH excluding ortho intramolecular Hbond substituents is 1. The first-order chi connectivity index (χ1) is 17.4. The van der Waals surface area contributed by atoms with E-state index >= 15 is 0 Å². The summed E-state index contributed by atoms with van der Waals surface area (Å²) in [4.78, 5) is 12.5. The van der Waals surface area contributed by atoms with Crippen LogP contribution in [-0.4, -0.2) is 46.4 Å². The van der Waals surface area contributed by atoms with E-state index in [4.69, 9.17) is 23.7 Å². The van der Waals surface area contributed by atoms with Crippen molar-refractivity contribution in [3.05, 3.63) is 77.5 Å². The highest BCUT2D eigenvalue weighted by atomic mass is 16.5. The van der Waals surface area contributed by atoms with E-state index in [-0.39, 0.29) is 17.3 Å². The van der Waals surface area contributed by atoms with Gasteiger partial charge in [0.15, 0.2) is 28.8 Å². The van der Waals surface area contributed by atoms with Gasteiger partial charge < -0.3 is 34.1 Å². The van der Waals surface area contributed by atoms with Crippen molar-refractivity contribution in [3.63, 3.8) is 0 Å². The molecule has 0 unspecified atom stereocenters. The van der Waals surface area contributed by atoms with E-state index < -0.39 is 0 Å². The van der Waals surface area contributed by atoms with Gasteiger partial charge in [-0.05, 0) is 47.5 Å². The van der Waals surface area contributed by atoms with Gasteiger partial charge in [0.1, 0.15) is 5.75 Å². The topological polar surface area (TPSA) is 95.5 Å². The number of rotatable bonds is 11. The number of ether oxygens (including phenoxy) is 5. The Kier molecular flexibility index (Phi) is 8.83. The van der Waals surface area contributed by atoms with Crippen molar-refractivity contribution in [1.29, 1.82) is 0 Å². The number of carbonyl (C=O) groups excluding carboxylic acids is 1. The largest absolute Gasteiger partial charge is 0.504 e. The molecule has 0 heterocycles. The maximum atomic E-state index is 12.5. The number of ketones is 1. The number of aromatic hydroxyl groups is 1. The Hall–Kier alpha value is -4.59. The molecular weight excluding hydrogens is 462 g/mol. The van der Waals surface area contributed by atoms with Gasteiger partial charge in [-0.15, -0.1) is 0 Å². The van der Waals surface area contributed by atoms with Crippen molar-refractivity contribution < 1.29 is 33.6 Å². The minimum atomic E-state index is -0.206. The van der Waals surface area contributed by atoms with Gasteiger partial charge in [0, 0.05) is 17.8 Å². The summed E-state index contributed by atoms with van der Waals surface area (Å²) in [7, 11) is 7.65. The van der Waals surface area contributed by atoms with E-state index in [1.54, 1.807) is 64.8 Å². The second-order valence-corrected chi connectivity index (χ2v) is 7.49. The van der Waals surface area contributed by atoms with Gasteiger partial charge >= 0.3 is 0 Å². The molecule has 0 fully saturated rings. The highest BCUT2D eigenvalue weighted by Gasteiger charge is 2.13. The summed E-state index contributed by atoms with van der Waals surface area (Å²) in [6.07, 6.45) is 6.54. The first-order valence-electron chi connectivity index (χ1n) is 10.9. The van der Waals surface area contributed by atoms with Crippen LogP contribution in [0.25, 0.3) is 12.2 Å². The van der Waals surface area contributed by atoms with Crippen LogP contribution in [0.2, 0.25) is 0 Å². The molecule has 0 aliphatic carbocycles. The number of carbonyl (C=O) groups is 1. The molecule has 3 aromatic carbocycles. The summed E-state index contributed by atoms with van der Waals surface area (Å²) in [5.74, 6) is 2.15. The molecule has 2 N–H and O–H groups in total. The molecule has 0 bridgehead atoms. The first kappa shape index (κ1) is 26.0. The van der Waals surface area contributed by atoms with Crippen LogP contribution in [0, 0.1) is 0 Å². The van der Waals surface area contributed by atoms with Crippen LogP contribution in [0.3, 0.4) is 0 Å². The maximum Gasteiger partial charge on any atom is 0.203 e. The van der Waals surface area contributed by atoms with Crippen molar-refractivity contribution in [2.75, 3.05) is 40.9 Å². The van der Waals surface area contributed by atoms with E-state index in [1.165, 1.54) is 19.4 Å². The second kappa shape index (κ2) is 12.2. The zero-order valence-electron chi connectivity index (χ0n) is 20.8. The summed E-state index contributed by atoms with van der Waals surface area (Å²) in [5.41, 5.74) is 2.47. The normalized spacial score (nSPS) is 10.9. The molecule has 8 nitrogen and oxygen atoms in total. The number of anilines is 1. The zero-order chi connectivity index (χ0) is 26.1. The van der Waals surface area contributed by atoms with Crippen LogP contribution in [0.4, 0.5) is 5.69 Å². The Morgan fingerprint density at radius 1 is 0.778 bits per heavy atom. The Labute approximate surface area is 210 Å². The summed E-state index contributed by atoms with van der Waals surface area (Å²) in [6, 6.07) is 13.9. The third kappa shape index (κ3) is 6.09. The Bertz CT molecular complexity index is 1260. The number of phenols is 1. The van der Waals surface area contributed by atoms with Crippen molar-refractivity contribution in [2.45, 2.75) is 0 Å². The lowest BCUT2D eigenvalue weighted by Gasteiger charge is -2.13. The van der Waals surface area contributed by atoms with Gasteiger partial charge in [-0.2, -0.15) is 0 Å². The van der Waals surface area contributed by atoms with Crippen molar-refractivity contribution >= 4 is 23.6 Å². The molecule has 3 aromatic rings. The average Bonchev–Trinajstić information content (AvgIpc) is 2.90. The van der Waals surface area contributed by atoms with Gasteiger partial charge in [0.25, 0.3) is 0 Å². The average molecular weight is 492 g/mol. The zero-order valence-corrected chi connectivity index (χ0v) is 20.8. The smallest absolute Gasteiger partial charge is 0.203 e. The lowest BCUT2D eigenvalue weighted by Crippen LogP contribution is -1.98. The molecule has 8 heteroatoms. The van der Waals surface area contributed by atoms with E-state index in [0.29, 0.717) is 39.8 Å². The molecule has 0 saturated carbocycles. The van der Waals surface area contributed by atoms with Crippen molar-refractivity contribution in [2.24, 2.45) is 0 Å². The third-order valence-corrected chi connectivity index (χ3v) is 5.28. The Morgan fingerprint density at radius 3 is 2.00 bits per heavy atom. The fraction of sp³-hybridized carbons (Fsp3) is 0.179. The standard InChI is InChI=1S/C28H29NO7/c1-32-21-8-6-7-20(17-21)23(30)11-12-29-22-13-18(14-24(31)27(22)35-4)9-10-19-15-25(33-2)28(36-5)26(16-19)34-3/h6-17,29,31H,1-5H3. The predicted molar refractivity (Wildman–Crippen MR) is 140 cm³/mol. The van der Waals surface area contributed by atoms with Crippen LogP contribution in [0.1, 0.15) is 21.5 Å². The van der Waals surface area contributed by atoms with Gasteiger partial charge in [-0.1, -0.05) is 24.3 Å². The van der Waals surface area contributed by atoms with Crippen LogP contribution < -0.4 is 29.0 Å². The number of hydrogen-bond donors (Lipinski definition) is 2. The molecule has 3 rings (SSSR count). The number of allylic oxidation sites excluding steroid dienone is 1. The summed E-state index contributed by atoms with van der Waals surface area (Å²) < 4.78 is 26.7.